The summed E-state index contributed by atoms with van der Waals surface area (Å²) in [4.78, 5) is 0. The van der Waals surface area contributed by atoms with Gasteiger partial charge in [0, 0.05) is 0 Å². The van der Waals surface area contributed by atoms with E-state index >= 15 is 0 Å². The number of hydrogen-bond acceptors (Lipinski definition) is 0. The molecule has 0 aliphatic heterocycles. The van der Waals surface area contributed by atoms with Crippen LogP contribution in [0.3, 0.4) is 0 Å². The summed E-state index contributed by atoms with van der Waals surface area (Å²) in [6, 6.07) is 0. The van der Waals surface area contributed by atoms with E-state index in [1.807, 2.05) is 0 Å². The SMILES string of the molecule is CC(C)=[CH][Sn]([Br])([Br])[Br]. The average Bonchev–Trinajstić information content (AvgIpc) is 1.21. The first-order chi connectivity index (χ1) is 3.42. The molecular weight excluding hydrogens is 406 g/mol. The molecule has 0 aliphatic rings. The molecule has 0 unspecified atom stereocenters. The van der Waals surface area contributed by atoms with Crippen LogP contribution in [0.5, 0.6) is 0 Å². The Hall–Kier alpha value is 1.98. The van der Waals surface area contributed by atoms with E-state index in [1.54, 1.807) is 0 Å². The third-order valence-corrected chi connectivity index (χ3v) is 7.64. The minimum absolute atomic E-state index is 1.35. The van der Waals surface area contributed by atoms with Crippen molar-refractivity contribution in [2.24, 2.45) is 0 Å². The second-order valence-electron chi connectivity index (χ2n) is 1.76. The molecule has 0 nitrogen and oxygen atoms in total. The number of halogens is 3. The van der Waals surface area contributed by atoms with Crippen LogP contribution in [0.1, 0.15) is 13.8 Å². The molecule has 48 valence electrons. The zero-order valence-corrected chi connectivity index (χ0v) is 12.3. The van der Waals surface area contributed by atoms with Gasteiger partial charge in [0.15, 0.2) is 0 Å². The van der Waals surface area contributed by atoms with Crippen molar-refractivity contribution in [1.29, 1.82) is 0 Å². The molecule has 0 bridgehead atoms. The molecule has 4 heteroatoms. The van der Waals surface area contributed by atoms with Gasteiger partial charge in [-0.1, -0.05) is 0 Å². The summed E-state index contributed by atoms with van der Waals surface area (Å²) in [5.74, 6) is 0. The van der Waals surface area contributed by atoms with E-state index in [9.17, 15) is 0 Å². The van der Waals surface area contributed by atoms with Gasteiger partial charge in [0.2, 0.25) is 0 Å². The second kappa shape index (κ2) is 3.98. The summed E-state index contributed by atoms with van der Waals surface area (Å²) in [6.45, 7) is 4.19. The number of hydrogen-bond donors (Lipinski definition) is 0. The molecule has 0 spiro atoms. The molecule has 0 aromatic rings. The minimum atomic E-state index is -2.08. The summed E-state index contributed by atoms with van der Waals surface area (Å²) in [6.07, 6.45) is 0. The van der Waals surface area contributed by atoms with Crippen molar-refractivity contribution in [1.82, 2.24) is 0 Å². The number of allylic oxidation sites excluding steroid dienone is 1. The van der Waals surface area contributed by atoms with Crippen molar-refractivity contribution in [3.8, 4) is 0 Å². The van der Waals surface area contributed by atoms with Crippen LogP contribution in [0, 0.1) is 0 Å². The van der Waals surface area contributed by atoms with Crippen molar-refractivity contribution < 1.29 is 0 Å². The Morgan fingerprint density at radius 1 is 1.25 bits per heavy atom. The van der Waals surface area contributed by atoms with Crippen LogP contribution in [0.15, 0.2) is 9.67 Å². The van der Waals surface area contributed by atoms with Gasteiger partial charge in [0.25, 0.3) is 0 Å². The molecule has 0 aliphatic carbocycles. The molecule has 0 saturated heterocycles. The number of rotatable bonds is 1. The first-order valence-electron chi connectivity index (χ1n) is 2.14. The van der Waals surface area contributed by atoms with Crippen molar-refractivity contribution in [3.63, 3.8) is 0 Å². The summed E-state index contributed by atoms with van der Waals surface area (Å²) in [5.41, 5.74) is 1.35. The van der Waals surface area contributed by atoms with Crippen molar-refractivity contribution in [2.75, 3.05) is 0 Å². The fraction of sp³-hybridized carbons (Fsp3) is 0.500. The first kappa shape index (κ1) is 9.98. The Morgan fingerprint density at radius 3 is 1.62 bits per heavy atom. The molecule has 0 amide bonds. The van der Waals surface area contributed by atoms with E-state index in [0.29, 0.717) is 0 Å². The van der Waals surface area contributed by atoms with E-state index in [0.717, 1.165) is 0 Å². The molecule has 0 aromatic heterocycles. The van der Waals surface area contributed by atoms with Crippen LogP contribution >= 0.6 is 38.1 Å². The van der Waals surface area contributed by atoms with Crippen LogP contribution in [-0.4, -0.2) is 11.7 Å². The molecule has 0 saturated carbocycles. The van der Waals surface area contributed by atoms with Crippen LogP contribution in [0.4, 0.5) is 0 Å². The molecule has 0 N–H and O–H groups in total. The normalized spacial score (nSPS) is 11.1. The van der Waals surface area contributed by atoms with Crippen LogP contribution in [0.2, 0.25) is 0 Å². The topological polar surface area (TPSA) is 0 Å². The summed E-state index contributed by atoms with van der Waals surface area (Å²) in [7, 11) is 0. The molecular formula is C4H7Br3Sn. The summed E-state index contributed by atoms with van der Waals surface area (Å²) >= 11 is 8.56. The van der Waals surface area contributed by atoms with Crippen LogP contribution < -0.4 is 0 Å². The monoisotopic (exact) mass is 412 g/mol. The fourth-order valence-electron chi connectivity index (χ4n) is 0.327. The third kappa shape index (κ3) is 7.98. The van der Waals surface area contributed by atoms with E-state index < -0.39 is 11.7 Å². The predicted molar refractivity (Wildman–Crippen MR) is 52.0 cm³/mol. The van der Waals surface area contributed by atoms with Crippen LogP contribution in [-0.2, 0) is 0 Å². The van der Waals surface area contributed by atoms with E-state index in [1.165, 1.54) is 5.57 Å². The zero-order chi connectivity index (χ0) is 6.78. The quantitative estimate of drug-likeness (QED) is 0.576. The van der Waals surface area contributed by atoms with E-state index in [-0.39, 0.29) is 0 Å². The second-order valence-corrected chi connectivity index (χ2v) is 52.3. The van der Waals surface area contributed by atoms with Crippen LogP contribution in [0.25, 0.3) is 0 Å². The Morgan fingerprint density at radius 2 is 1.62 bits per heavy atom. The van der Waals surface area contributed by atoms with E-state index in [2.05, 4.69) is 56.1 Å². The molecule has 0 fully saturated rings. The molecule has 0 radical (unpaired) electrons. The van der Waals surface area contributed by atoms with Crippen molar-refractivity contribution >= 4 is 49.8 Å². The molecule has 0 rings (SSSR count). The predicted octanol–water partition coefficient (Wildman–Crippen LogP) is 3.62. The maximum atomic E-state index is 3.55. The van der Waals surface area contributed by atoms with Crippen molar-refractivity contribution in [2.45, 2.75) is 13.8 Å². The Labute approximate surface area is 72.2 Å². The summed E-state index contributed by atoms with van der Waals surface area (Å²) in [5, 5.41) is 0. The molecule has 8 heavy (non-hydrogen) atoms. The standard InChI is InChI=1S/C4H7.3BrH.Sn/c1-4(2)3;;;;/h1H,2-3H3;3*1H;/q;;;;+3/p-3. The van der Waals surface area contributed by atoms with Gasteiger partial charge in [-0.2, -0.15) is 0 Å². The van der Waals surface area contributed by atoms with Gasteiger partial charge < -0.3 is 0 Å². The fourth-order valence-corrected chi connectivity index (χ4v) is 11.4. The third-order valence-electron chi connectivity index (χ3n) is 0.452. The van der Waals surface area contributed by atoms with Gasteiger partial charge in [-0.15, -0.1) is 0 Å². The van der Waals surface area contributed by atoms with E-state index in [4.69, 9.17) is 0 Å². The molecule has 0 heterocycles. The zero-order valence-electron chi connectivity index (χ0n) is 4.71. The van der Waals surface area contributed by atoms with Crippen molar-refractivity contribution in [3.05, 3.63) is 9.67 Å². The van der Waals surface area contributed by atoms with Gasteiger partial charge in [-0.3, -0.25) is 0 Å². The Bertz CT molecular complexity index is 98.3. The van der Waals surface area contributed by atoms with Gasteiger partial charge in [0.05, 0.1) is 0 Å². The Kier molecular flexibility index (Phi) is 4.97. The molecule has 0 aromatic carbocycles. The first-order valence-corrected chi connectivity index (χ1v) is 23.0. The maximum absolute atomic E-state index is 3.55. The van der Waals surface area contributed by atoms with Gasteiger partial charge in [-0.25, -0.2) is 0 Å². The summed E-state index contributed by atoms with van der Waals surface area (Å²) < 4.78 is 2.23. The average molecular weight is 414 g/mol. The molecule has 0 atom stereocenters. The van der Waals surface area contributed by atoms with Gasteiger partial charge in [0.1, 0.15) is 0 Å². The van der Waals surface area contributed by atoms with Gasteiger partial charge >= 0.3 is 73.3 Å². The van der Waals surface area contributed by atoms with Gasteiger partial charge in [-0.05, 0) is 0 Å². The Balaban J connectivity index is 3.89.